The van der Waals surface area contributed by atoms with Gasteiger partial charge in [-0.3, -0.25) is 9.69 Å². The summed E-state index contributed by atoms with van der Waals surface area (Å²) in [4.78, 5) is 12.9. The fourth-order valence-electron chi connectivity index (χ4n) is 3.31. The van der Waals surface area contributed by atoms with Gasteiger partial charge in [0.2, 0.25) is 0 Å². The van der Waals surface area contributed by atoms with Gasteiger partial charge in [-0.15, -0.1) is 0 Å². The molecule has 0 aliphatic carbocycles. The number of halogens is 4. The molecule has 0 aromatic heterocycles. The van der Waals surface area contributed by atoms with Crippen LogP contribution in [0, 0.1) is 5.92 Å². The number of ether oxygens (including phenoxy) is 1. The molecule has 0 saturated carbocycles. The Morgan fingerprint density at radius 1 is 1.19 bits per heavy atom. The summed E-state index contributed by atoms with van der Waals surface area (Å²) >= 11 is 6.05. The minimum Gasteiger partial charge on any atom is -0.494 e. The predicted octanol–water partition coefficient (Wildman–Crippen LogP) is 5.91. The van der Waals surface area contributed by atoms with E-state index < -0.39 is 17.7 Å². The SMILES string of the molecule is CC(C)CN(CCCOc1cccc(CC(=O)O)c1)Cc1cccc(C(F)(F)F)c1Cl. The monoisotopic (exact) mass is 457 g/mol. The van der Waals surface area contributed by atoms with Gasteiger partial charge in [-0.05, 0) is 41.7 Å². The van der Waals surface area contributed by atoms with Crippen LogP contribution in [0.2, 0.25) is 5.02 Å². The number of benzene rings is 2. The fourth-order valence-corrected chi connectivity index (χ4v) is 3.60. The third-order valence-electron chi connectivity index (χ3n) is 4.54. The van der Waals surface area contributed by atoms with Gasteiger partial charge in [0.25, 0.3) is 0 Å². The van der Waals surface area contributed by atoms with E-state index in [-0.39, 0.29) is 11.4 Å². The van der Waals surface area contributed by atoms with Gasteiger partial charge >= 0.3 is 12.1 Å². The first-order chi connectivity index (χ1) is 14.6. The van der Waals surface area contributed by atoms with Gasteiger partial charge in [-0.2, -0.15) is 13.2 Å². The minimum absolute atomic E-state index is 0.0723. The number of aliphatic carboxylic acids is 1. The summed E-state index contributed by atoms with van der Waals surface area (Å²) in [5.74, 6) is 0.0167. The second-order valence-corrected chi connectivity index (χ2v) is 8.20. The van der Waals surface area contributed by atoms with Gasteiger partial charge in [0.05, 0.1) is 23.6 Å². The lowest BCUT2D eigenvalue weighted by molar-refractivity contribution is -0.138. The van der Waals surface area contributed by atoms with Crippen molar-refractivity contribution in [2.45, 2.75) is 39.4 Å². The van der Waals surface area contributed by atoms with Crippen molar-refractivity contribution in [2.24, 2.45) is 5.92 Å². The number of carboxylic acid groups (broad SMARTS) is 1. The van der Waals surface area contributed by atoms with Crippen molar-refractivity contribution < 1.29 is 27.8 Å². The van der Waals surface area contributed by atoms with Crippen molar-refractivity contribution in [3.05, 3.63) is 64.2 Å². The second kappa shape index (κ2) is 11.4. The summed E-state index contributed by atoms with van der Waals surface area (Å²) in [5, 5.41) is 8.63. The molecule has 4 nitrogen and oxygen atoms in total. The van der Waals surface area contributed by atoms with Crippen molar-refractivity contribution in [1.29, 1.82) is 0 Å². The molecular formula is C23H27ClF3NO3. The van der Waals surface area contributed by atoms with Gasteiger partial charge in [-0.1, -0.05) is 49.7 Å². The molecule has 0 aliphatic rings. The average molecular weight is 458 g/mol. The van der Waals surface area contributed by atoms with Gasteiger partial charge in [0.15, 0.2) is 0 Å². The molecule has 0 heterocycles. The predicted molar refractivity (Wildman–Crippen MR) is 114 cm³/mol. The Balaban J connectivity index is 1.96. The highest BCUT2D eigenvalue weighted by atomic mass is 35.5. The Morgan fingerprint density at radius 2 is 1.90 bits per heavy atom. The van der Waals surface area contributed by atoms with Crippen LogP contribution in [-0.4, -0.2) is 35.7 Å². The Labute approximate surface area is 185 Å². The van der Waals surface area contributed by atoms with Crippen molar-refractivity contribution in [2.75, 3.05) is 19.7 Å². The van der Waals surface area contributed by atoms with Crippen molar-refractivity contribution in [1.82, 2.24) is 4.90 Å². The van der Waals surface area contributed by atoms with Crippen LogP contribution >= 0.6 is 11.6 Å². The number of hydrogen-bond acceptors (Lipinski definition) is 3. The smallest absolute Gasteiger partial charge is 0.417 e. The third-order valence-corrected chi connectivity index (χ3v) is 4.99. The molecule has 170 valence electrons. The van der Waals surface area contributed by atoms with Crippen molar-refractivity contribution >= 4 is 17.6 Å². The summed E-state index contributed by atoms with van der Waals surface area (Å²) in [6.07, 6.45) is -3.90. The van der Waals surface area contributed by atoms with Crippen LogP contribution in [-0.2, 0) is 23.9 Å². The van der Waals surface area contributed by atoms with E-state index in [1.807, 2.05) is 13.8 Å². The Morgan fingerprint density at radius 3 is 2.55 bits per heavy atom. The Bertz CT molecular complexity index is 871. The minimum atomic E-state index is -4.49. The highest BCUT2D eigenvalue weighted by molar-refractivity contribution is 6.32. The van der Waals surface area contributed by atoms with Crippen LogP contribution in [0.15, 0.2) is 42.5 Å². The van der Waals surface area contributed by atoms with E-state index in [4.69, 9.17) is 21.4 Å². The summed E-state index contributed by atoms with van der Waals surface area (Å²) in [6, 6.07) is 10.9. The lowest BCUT2D eigenvalue weighted by Gasteiger charge is -2.25. The number of carboxylic acids is 1. The lowest BCUT2D eigenvalue weighted by atomic mass is 10.1. The van der Waals surface area contributed by atoms with Gasteiger partial charge in [-0.25, -0.2) is 0 Å². The number of nitrogens with zero attached hydrogens (tertiary/aromatic N) is 1. The van der Waals surface area contributed by atoms with E-state index in [1.165, 1.54) is 6.07 Å². The van der Waals surface area contributed by atoms with E-state index in [0.717, 1.165) is 6.07 Å². The van der Waals surface area contributed by atoms with Crippen molar-refractivity contribution in [3.8, 4) is 5.75 Å². The first-order valence-electron chi connectivity index (χ1n) is 10.1. The van der Waals surface area contributed by atoms with E-state index in [2.05, 4.69) is 4.90 Å². The molecule has 0 unspecified atom stereocenters. The van der Waals surface area contributed by atoms with Crippen molar-refractivity contribution in [3.63, 3.8) is 0 Å². The number of carbonyl (C=O) groups is 1. The van der Waals surface area contributed by atoms with E-state index in [9.17, 15) is 18.0 Å². The summed E-state index contributed by atoms with van der Waals surface area (Å²) in [6.45, 7) is 6.15. The maximum Gasteiger partial charge on any atom is 0.417 e. The molecule has 1 N–H and O–H groups in total. The molecule has 0 fully saturated rings. The zero-order chi connectivity index (χ0) is 23.0. The Kier molecular flexibility index (Phi) is 9.19. The lowest BCUT2D eigenvalue weighted by Crippen LogP contribution is -2.29. The highest BCUT2D eigenvalue weighted by Gasteiger charge is 2.33. The highest BCUT2D eigenvalue weighted by Crippen LogP contribution is 2.36. The molecule has 0 aliphatic heterocycles. The molecule has 0 saturated heterocycles. The molecule has 0 amide bonds. The molecule has 2 rings (SSSR count). The summed E-state index contributed by atoms with van der Waals surface area (Å²) in [7, 11) is 0. The number of hydrogen-bond donors (Lipinski definition) is 1. The summed E-state index contributed by atoms with van der Waals surface area (Å²) < 4.78 is 45.1. The third kappa shape index (κ3) is 8.42. The molecule has 2 aromatic rings. The van der Waals surface area contributed by atoms with Crippen LogP contribution in [0.25, 0.3) is 0 Å². The average Bonchev–Trinajstić information content (AvgIpc) is 2.65. The van der Waals surface area contributed by atoms with E-state index in [0.29, 0.717) is 55.5 Å². The maximum atomic E-state index is 13.1. The van der Waals surface area contributed by atoms with Crippen LogP contribution in [0.1, 0.15) is 37.0 Å². The van der Waals surface area contributed by atoms with Gasteiger partial charge in [0, 0.05) is 19.6 Å². The molecule has 31 heavy (non-hydrogen) atoms. The van der Waals surface area contributed by atoms with Crippen LogP contribution in [0.3, 0.4) is 0 Å². The first-order valence-corrected chi connectivity index (χ1v) is 10.4. The molecule has 2 aromatic carbocycles. The van der Waals surface area contributed by atoms with Gasteiger partial charge < -0.3 is 9.84 Å². The molecule has 0 atom stereocenters. The second-order valence-electron chi connectivity index (χ2n) is 7.83. The van der Waals surface area contributed by atoms with Crippen LogP contribution < -0.4 is 4.74 Å². The van der Waals surface area contributed by atoms with Crippen LogP contribution in [0.4, 0.5) is 13.2 Å². The fraction of sp³-hybridized carbons (Fsp3) is 0.435. The first kappa shape index (κ1) is 25.0. The number of alkyl halides is 3. The van der Waals surface area contributed by atoms with Gasteiger partial charge in [0.1, 0.15) is 5.75 Å². The van der Waals surface area contributed by atoms with Crippen LogP contribution in [0.5, 0.6) is 5.75 Å². The zero-order valence-electron chi connectivity index (χ0n) is 17.6. The molecule has 0 spiro atoms. The largest absolute Gasteiger partial charge is 0.494 e. The molecular weight excluding hydrogens is 431 g/mol. The quantitative estimate of drug-likeness (QED) is 0.426. The molecule has 0 bridgehead atoms. The molecule has 0 radical (unpaired) electrons. The number of rotatable bonds is 11. The topological polar surface area (TPSA) is 49.8 Å². The Hall–Kier alpha value is -2.25. The standard InChI is InChI=1S/C23H27ClF3NO3/c1-16(2)14-28(15-18-7-4-9-20(22(18)24)23(25,26)27)10-5-11-31-19-8-3-6-17(12-19)13-21(29)30/h3-4,6-9,12,16H,5,10-11,13-15H2,1-2H3,(H,29,30). The summed E-state index contributed by atoms with van der Waals surface area (Å²) in [5.41, 5.74) is 0.283. The normalized spacial score (nSPS) is 11.9. The van der Waals surface area contributed by atoms with E-state index in [1.54, 1.807) is 30.3 Å². The molecule has 8 heteroatoms. The maximum absolute atomic E-state index is 13.1. The zero-order valence-corrected chi connectivity index (χ0v) is 18.3. The van der Waals surface area contributed by atoms with E-state index >= 15 is 0 Å².